The minimum absolute atomic E-state index is 0.0941. The molecular formula is C38H43N3O8. The van der Waals surface area contributed by atoms with E-state index in [2.05, 4.69) is 12.1 Å². The lowest BCUT2D eigenvalue weighted by atomic mass is 9.98. The lowest BCUT2D eigenvalue weighted by Gasteiger charge is -2.21. The van der Waals surface area contributed by atoms with Crippen LogP contribution in [0.2, 0.25) is 0 Å². The molecule has 258 valence electrons. The van der Waals surface area contributed by atoms with Gasteiger partial charge in [0.1, 0.15) is 29.9 Å². The molecule has 5 rings (SSSR count). The maximum absolute atomic E-state index is 12.9. The summed E-state index contributed by atoms with van der Waals surface area (Å²) in [5, 5.41) is 8.28. The van der Waals surface area contributed by atoms with Gasteiger partial charge in [-0.3, -0.25) is 15.3 Å². The molecule has 1 unspecified atom stereocenters. The van der Waals surface area contributed by atoms with Gasteiger partial charge in [0.15, 0.2) is 0 Å². The van der Waals surface area contributed by atoms with Crippen LogP contribution in [0.15, 0.2) is 91.0 Å². The SMILES string of the molecule is CCCC[C@H](N)C(=O)O.COc1ccc(-c2ccc(OC(N)C(=O)N(C)C(=O)OCC3c4ccccc4-c4ccccc43)cc2)c(OC)c1. The molecule has 2 atom stereocenters. The number of rotatable bonds is 12. The zero-order valence-corrected chi connectivity index (χ0v) is 28.1. The van der Waals surface area contributed by atoms with E-state index in [9.17, 15) is 14.4 Å². The fourth-order valence-electron chi connectivity index (χ4n) is 5.47. The second-order valence-corrected chi connectivity index (χ2v) is 11.4. The number of fused-ring (bicyclic) bond motifs is 3. The Balaban J connectivity index is 0.000000529. The number of likely N-dealkylation sites (N-methyl/N-ethyl adjacent to an activating group) is 1. The van der Waals surface area contributed by atoms with E-state index in [0.29, 0.717) is 23.7 Å². The van der Waals surface area contributed by atoms with E-state index in [1.54, 1.807) is 32.4 Å². The highest BCUT2D eigenvalue weighted by molar-refractivity contribution is 5.94. The van der Waals surface area contributed by atoms with E-state index < -0.39 is 30.2 Å². The van der Waals surface area contributed by atoms with Crippen LogP contribution in [0.5, 0.6) is 17.2 Å². The third-order valence-corrected chi connectivity index (χ3v) is 8.21. The van der Waals surface area contributed by atoms with Gasteiger partial charge in [-0.1, -0.05) is 80.4 Å². The maximum atomic E-state index is 12.9. The van der Waals surface area contributed by atoms with E-state index in [0.717, 1.165) is 51.1 Å². The summed E-state index contributed by atoms with van der Waals surface area (Å²) in [4.78, 5) is 36.6. The highest BCUT2D eigenvalue weighted by atomic mass is 16.6. The predicted octanol–water partition coefficient (Wildman–Crippen LogP) is 6.03. The molecule has 0 spiro atoms. The number of unbranched alkanes of at least 4 members (excludes halogenated alkanes) is 1. The number of ether oxygens (including phenoxy) is 4. The van der Waals surface area contributed by atoms with Gasteiger partial charge in [-0.15, -0.1) is 0 Å². The first-order valence-electron chi connectivity index (χ1n) is 15.9. The lowest BCUT2D eigenvalue weighted by molar-refractivity contribution is -0.138. The summed E-state index contributed by atoms with van der Waals surface area (Å²) in [7, 11) is 4.51. The van der Waals surface area contributed by atoms with Crippen LogP contribution < -0.4 is 25.7 Å². The Bertz CT molecular complexity index is 1700. The van der Waals surface area contributed by atoms with Crippen molar-refractivity contribution in [1.82, 2.24) is 4.90 Å². The molecule has 0 radical (unpaired) electrons. The summed E-state index contributed by atoms with van der Waals surface area (Å²) >= 11 is 0. The number of nitrogens with zero attached hydrogens (tertiary/aromatic N) is 1. The number of carbonyl (C=O) groups is 3. The van der Waals surface area contributed by atoms with Gasteiger partial charge in [0, 0.05) is 24.6 Å². The van der Waals surface area contributed by atoms with Crippen LogP contribution in [0.4, 0.5) is 4.79 Å². The van der Waals surface area contributed by atoms with Gasteiger partial charge in [0.25, 0.3) is 5.91 Å². The van der Waals surface area contributed by atoms with Gasteiger partial charge >= 0.3 is 12.1 Å². The molecule has 5 N–H and O–H groups in total. The summed E-state index contributed by atoms with van der Waals surface area (Å²) in [6.07, 6.45) is 0.292. The van der Waals surface area contributed by atoms with Gasteiger partial charge in [-0.2, -0.15) is 0 Å². The molecule has 0 bridgehead atoms. The topological polar surface area (TPSA) is 164 Å². The molecule has 11 heteroatoms. The molecule has 0 saturated carbocycles. The van der Waals surface area contributed by atoms with Crippen molar-refractivity contribution in [3.8, 4) is 39.5 Å². The number of methoxy groups -OCH3 is 2. The minimum atomic E-state index is -1.40. The molecule has 0 saturated heterocycles. The molecule has 49 heavy (non-hydrogen) atoms. The number of nitrogens with two attached hydrogens (primary N) is 2. The molecule has 11 nitrogen and oxygen atoms in total. The van der Waals surface area contributed by atoms with E-state index >= 15 is 0 Å². The second-order valence-electron chi connectivity index (χ2n) is 11.4. The molecule has 0 fully saturated rings. The Morgan fingerprint density at radius 3 is 1.96 bits per heavy atom. The molecule has 0 aromatic heterocycles. The number of imide groups is 1. The fourth-order valence-corrected chi connectivity index (χ4v) is 5.47. The maximum Gasteiger partial charge on any atom is 0.416 e. The van der Waals surface area contributed by atoms with Crippen LogP contribution in [-0.4, -0.2) is 68.1 Å². The van der Waals surface area contributed by atoms with Crippen LogP contribution in [-0.2, 0) is 14.3 Å². The van der Waals surface area contributed by atoms with Crippen molar-refractivity contribution in [1.29, 1.82) is 0 Å². The molecule has 2 amide bonds. The van der Waals surface area contributed by atoms with E-state index in [1.807, 2.05) is 67.6 Å². The van der Waals surface area contributed by atoms with E-state index in [1.165, 1.54) is 7.05 Å². The van der Waals surface area contributed by atoms with E-state index in [-0.39, 0.29) is 12.5 Å². The quantitative estimate of drug-likeness (QED) is 0.152. The normalized spacial score (nSPS) is 12.7. The first-order valence-corrected chi connectivity index (χ1v) is 15.9. The van der Waals surface area contributed by atoms with Crippen molar-refractivity contribution in [3.05, 3.63) is 102 Å². The molecule has 4 aromatic rings. The Morgan fingerprint density at radius 1 is 0.816 bits per heavy atom. The molecular weight excluding hydrogens is 626 g/mol. The summed E-state index contributed by atoms with van der Waals surface area (Å²) in [5.41, 5.74) is 17.4. The number of carboxylic acid groups (broad SMARTS) is 1. The standard InChI is InChI=1S/C32H30N2O6.C6H13NO2/c1-34(32(36)39-19-28-26-10-6-4-8-24(26)25-9-5-7-11-27(25)28)31(35)30(33)40-21-14-12-20(13-15-21)23-17-16-22(37-2)18-29(23)38-3;1-2-3-4-5(7)6(8)9/h4-18,28,30H,19,33H2,1-3H3;5H,2-4,7H2,1H3,(H,8,9)/t;5-/m.0/s1. The highest BCUT2D eigenvalue weighted by Gasteiger charge is 2.31. The third-order valence-electron chi connectivity index (χ3n) is 8.21. The van der Waals surface area contributed by atoms with Crippen molar-refractivity contribution in [3.63, 3.8) is 0 Å². The van der Waals surface area contributed by atoms with Gasteiger partial charge in [-0.25, -0.2) is 9.69 Å². The Hall–Kier alpha value is -5.39. The Labute approximate surface area is 286 Å². The molecule has 0 aliphatic heterocycles. The average molecular weight is 670 g/mol. The van der Waals surface area contributed by atoms with Crippen molar-refractivity contribution in [2.75, 3.05) is 27.9 Å². The van der Waals surface area contributed by atoms with Gasteiger partial charge in [-0.05, 0) is 58.5 Å². The zero-order chi connectivity index (χ0) is 35.5. The van der Waals surface area contributed by atoms with Crippen LogP contribution in [0, 0.1) is 0 Å². The van der Waals surface area contributed by atoms with Crippen LogP contribution in [0.1, 0.15) is 43.2 Å². The molecule has 1 aliphatic rings. The zero-order valence-electron chi connectivity index (χ0n) is 28.1. The van der Waals surface area contributed by atoms with Crippen molar-refractivity contribution in [2.24, 2.45) is 11.5 Å². The average Bonchev–Trinajstić information content (AvgIpc) is 3.45. The van der Waals surface area contributed by atoms with Crippen LogP contribution in [0.25, 0.3) is 22.3 Å². The van der Waals surface area contributed by atoms with Gasteiger partial charge < -0.3 is 29.8 Å². The summed E-state index contributed by atoms with van der Waals surface area (Å²) < 4.78 is 21.9. The Kier molecular flexibility index (Phi) is 12.7. The predicted molar refractivity (Wildman–Crippen MR) is 187 cm³/mol. The number of hydrogen-bond donors (Lipinski definition) is 3. The van der Waals surface area contributed by atoms with Crippen molar-refractivity contribution < 1.29 is 38.4 Å². The number of hydrogen-bond acceptors (Lipinski definition) is 9. The first-order chi connectivity index (χ1) is 23.6. The summed E-state index contributed by atoms with van der Waals surface area (Å²) in [6.45, 7) is 2.10. The smallest absolute Gasteiger partial charge is 0.416 e. The molecule has 1 aliphatic carbocycles. The van der Waals surface area contributed by atoms with Crippen molar-refractivity contribution >= 4 is 18.0 Å². The van der Waals surface area contributed by atoms with Crippen LogP contribution >= 0.6 is 0 Å². The first kappa shape index (κ1) is 36.4. The summed E-state index contributed by atoms with van der Waals surface area (Å²) in [5.74, 6) is -0.0256. The third kappa shape index (κ3) is 8.95. The number of carbonyl (C=O) groups excluding carboxylic acids is 2. The molecule has 4 aromatic carbocycles. The number of amides is 2. The van der Waals surface area contributed by atoms with Gasteiger partial charge in [0.2, 0.25) is 6.23 Å². The van der Waals surface area contributed by atoms with Gasteiger partial charge in [0.05, 0.1) is 14.2 Å². The van der Waals surface area contributed by atoms with E-state index in [4.69, 9.17) is 35.5 Å². The second kappa shape index (κ2) is 17.1. The fraction of sp³-hybridized carbons (Fsp3) is 0.289. The van der Waals surface area contributed by atoms with Crippen molar-refractivity contribution in [2.45, 2.75) is 44.4 Å². The van der Waals surface area contributed by atoms with Crippen LogP contribution in [0.3, 0.4) is 0 Å². The number of benzene rings is 4. The number of aliphatic carboxylic acids is 1. The largest absolute Gasteiger partial charge is 0.497 e. The number of carboxylic acids is 1. The monoisotopic (exact) mass is 669 g/mol. The highest BCUT2D eigenvalue weighted by Crippen LogP contribution is 2.44. The molecule has 0 heterocycles. The summed E-state index contributed by atoms with van der Waals surface area (Å²) in [6, 6.07) is 28.0. The minimum Gasteiger partial charge on any atom is -0.497 e. The lowest BCUT2D eigenvalue weighted by Crippen LogP contribution is -2.48. The Morgan fingerprint density at radius 2 is 1.41 bits per heavy atom.